The predicted molar refractivity (Wildman–Crippen MR) is 58.5 cm³/mol. The molecule has 1 spiro atoms. The van der Waals surface area contributed by atoms with Crippen molar-refractivity contribution in [1.82, 2.24) is 0 Å². The average Bonchev–Trinajstić information content (AvgIpc) is 2.64. The SMILES string of the molecule is C=C1C(=O)OC2(CCCC2)OC1=O.CCC. The summed E-state index contributed by atoms with van der Waals surface area (Å²) in [7, 11) is 0. The Labute approximate surface area is 95.6 Å². The first-order valence-electron chi connectivity index (χ1n) is 5.70. The lowest BCUT2D eigenvalue weighted by Gasteiger charge is -2.32. The normalized spacial score (nSPS) is 22.2. The Morgan fingerprint density at radius 3 is 1.88 bits per heavy atom. The Morgan fingerprint density at radius 2 is 1.50 bits per heavy atom. The molecule has 0 amide bonds. The van der Waals surface area contributed by atoms with Crippen molar-refractivity contribution in [3.63, 3.8) is 0 Å². The van der Waals surface area contributed by atoms with Gasteiger partial charge in [0.25, 0.3) is 5.79 Å². The van der Waals surface area contributed by atoms with Gasteiger partial charge in [-0.05, 0) is 12.8 Å². The number of carbonyl (C=O) groups excluding carboxylic acids is 2. The first-order chi connectivity index (χ1) is 7.54. The van der Waals surface area contributed by atoms with E-state index in [1.54, 1.807) is 0 Å². The molecule has 0 aromatic heterocycles. The third-order valence-corrected chi connectivity index (χ3v) is 2.42. The quantitative estimate of drug-likeness (QED) is 0.361. The van der Waals surface area contributed by atoms with Crippen molar-refractivity contribution in [3.05, 3.63) is 12.2 Å². The Bertz CT molecular complexity index is 278. The largest absolute Gasteiger partial charge is 0.419 e. The fourth-order valence-electron chi connectivity index (χ4n) is 1.68. The number of rotatable bonds is 0. The van der Waals surface area contributed by atoms with Gasteiger partial charge in [-0.2, -0.15) is 0 Å². The Morgan fingerprint density at radius 1 is 1.12 bits per heavy atom. The van der Waals surface area contributed by atoms with E-state index in [1.807, 2.05) is 0 Å². The zero-order valence-corrected chi connectivity index (χ0v) is 9.88. The lowest BCUT2D eigenvalue weighted by atomic mass is 10.2. The summed E-state index contributed by atoms with van der Waals surface area (Å²) in [6.07, 6.45) is 4.32. The molecule has 0 atom stereocenters. The van der Waals surface area contributed by atoms with Crippen LogP contribution in [0.1, 0.15) is 46.0 Å². The summed E-state index contributed by atoms with van der Waals surface area (Å²) in [5.41, 5.74) is -0.211. The summed E-state index contributed by atoms with van der Waals surface area (Å²) >= 11 is 0. The second kappa shape index (κ2) is 5.14. The highest BCUT2D eigenvalue weighted by Crippen LogP contribution is 2.37. The van der Waals surface area contributed by atoms with Gasteiger partial charge >= 0.3 is 11.9 Å². The molecule has 1 aliphatic heterocycles. The molecule has 0 unspecified atom stereocenters. The molecular formula is C12H18O4. The van der Waals surface area contributed by atoms with E-state index in [-0.39, 0.29) is 5.57 Å². The van der Waals surface area contributed by atoms with Gasteiger partial charge in [0.2, 0.25) is 0 Å². The van der Waals surface area contributed by atoms with Gasteiger partial charge < -0.3 is 9.47 Å². The molecule has 0 N–H and O–H groups in total. The van der Waals surface area contributed by atoms with E-state index in [0.717, 1.165) is 12.8 Å². The lowest BCUT2D eigenvalue weighted by Crippen LogP contribution is -2.44. The van der Waals surface area contributed by atoms with Crippen molar-refractivity contribution in [1.29, 1.82) is 0 Å². The minimum absolute atomic E-state index is 0.211. The summed E-state index contributed by atoms with van der Waals surface area (Å²) in [6.45, 7) is 7.53. The van der Waals surface area contributed by atoms with E-state index >= 15 is 0 Å². The molecule has 0 bridgehead atoms. The summed E-state index contributed by atoms with van der Waals surface area (Å²) in [5, 5.41) is 0. The van der Waals surface area contributed by atoms with Crippen molar-refractivity contribution < 1.29 is 19.1 Å². The van der Waals surface area contributed by atoms with Crippen LogP contribution < -0.4 is 0 Å². The summed E-state index contributed by atoms with van der Waals surface area (Å²) in [5.74, 6) is -2.24. The molecule has 2 rings (SSSR count). The van der Waals surface area contributed by atoms with Crippen LogP contribution >= 0.6 is 0 Å². The van der Waals surface area contributed by atoms with Crippen LogP contribution in [0.25, 0.3) is 0 Å². The lowest BCUT2D eigenvalue weighted by molar-refractivity contribution is -0.232. The van der Waals surface area contributed by atoms with Crippen LogP contribution in [0.15, 0.2) is 12.2 Å². The van der Waals surface area contributed by atoms with E-state index in [0.29, 0.717) is 12.8 Å². The Hall–Kier alpha value is -1.32. The number of ether oxygens (including phenoxy) is 2. The van der Waals surface area contributed by atoms with E-state index in [2.05, 4.69) is 20.4 Å². The summed E-state index contributed by atoms with van der Waals surface area (Å²) < 4.78 is 10.1. The van der Waals surface area contributed by atoms with Crippen molar-refractivity contribution in [2.45, 2.75) is 51.7 Å². The monoisotopic (exact) mass is 226 g/mol. The first kappa shape index (κ1) is 12.7. The fraction of sp³-hybridized carbons (Fsp3) is 0.667. The maximum Gasteiger partial charge on any atom is 0.348 e. The predicted octanol–water partition coefficient (Wildman–Crippen LogP) is 2.33. The van der Waals surface area contributed by atoms with Crippen molar-refractivity contribution in [2.24, 2.45) is 0 Å². The van der Waals surface area contributed by atoms with Crippen LogP contribution in [0.2, 0.25) is 0 Å². The van der Waals surface area contributed by atoms with Crippen LogP contribution in [-0.4, -0.2) is 17.7 Å². The number of carbonyl (C=O) groups is 2. The minimum Gasteiger partial charge on any atom is -0.419 e. The summed E-state index contributed by atoms with van der Waals surface area (Å²) in [6, 6.07) is 0. The molecule has 1 saturated carbocycles. The van der Waals surface area contributed by atoms with Gasteiger partial charge in [0.15, 0.2) is 0 Å². The zero-order valence-electron chi connectivity index (χ0n) is 9.88. The van der Waals surface area contributed by atoms with Crippen LogP contribution in [0.3, 0.4) is 0 Å². The molecular weight excluding hydrogens is 208 g/mol. The highest BCUT2D eigenvalue weighted by Gasteiger charge is 2.47. The summed E-state index contributed by atoms with van der Waals surface area (Å²) in [4.78, 5) is 22.3. The highest BCUT2D eigenvalue weighted by atomic mass is 16.7. The van der Waals surface area contributed by atoms with E-state index in [1.165, 1.54) is 6.42 Å². The third-order valence-electron chi connectivity index (χ3n) is 2.42. The molecule has 0 radical (unpaired) electrons. The van der Waals surface area contributed by atoms with Gasteiger partial charge in [-0.25, -0.2) is 9.59 Å². The van der Waals surface area contributed by atoms with Gasteiger partial charge in [0.1, 0.15) is 5.57 Å². The Balaban J connectivity index is 0.000000386. The highest BCUT2D eigenvalue weighted by molar-refractivity contribution is 6.14. The van der Waals surface area contributed by atoms with Crippen LogP contribution in [0.4, 0.5) is 0 Å². The van der Waals surface area contributed by atoms with Crippen molar-refractivity contribution >= 4 is 11.9 Å². The molecule has 2 aliphatic rings. The number of hydrogen-bond donors (Lipinski definition) is 0. The molecule has 0 aromatic carbocycles. The second-order valence-corrected chi connectivity index (χ2v) is 4.08. The molecule has 0 aromatic rings. The van der Waals surface area contributed by atoms with Gasteiger partial charge in [-0.15, -0.1) is 0 Å². The van der Waals surface area contributed by atoms with Crippen LogP contribution in [-0.2, 0) is 19.1 Å². The van der Waals surface area contributed by atoms with Gasteiger partial charge in [-0.1, -0.05) is 26.8 Å². The number of hydrogen-bond acceptors (Lipinski definition) is 4. The van der Waals surface area contributed by atoms with E-state index in [9.17, 15) is 9.59 Å². The van der Waals surface area contributed by atoms with Crippen molar-refractivity contribution in [3.8, 4) is 0 Å². The second-order valence-electron chi connectivity index (χ2n) is 4.08. The molecule has 1 aliphatic carbocycles. The fourth-order valence-corrected chi connectivity index (χ4v) is 1.68. The topological polar surface area (TPSA) is 52.6 Å². The Kier molecular flexibility index (Phi) is 4.10. The maximum absolute atomic E-state index is 11.1. The zero-order chi connectivity index (χ0) is 12.2. The van der Waals surface area contributed by atoms with Crippen LogP contribution in [0.5, 0.6) is 0 Å². The average molecular weight is 226 g/mol. The van der Waals surface area contributed by atoms with Gasteiger partial charge in [0, 0.05) is 12.8 Å². The number of esters is 2. The smallest absolute Gasteiger partial charge is 0.348 e. The molecule has 4 nitrogen and oxygen atoms in total. The third kappa shape index (κ3) is 2.62. The minimum atomic E-state index is -0.963. The van der Waals surface area contributed by atoms with Crippen molar-refractivity contribution in [2.75, 3.05) is 0 Å². The van der Waals surface area contributed by atoms with Gasteiger partial charge in [-0.3, -0.25) is 0 Å². The molecule has 16 heavy (non-hydrogen) atoms. The molecule has 2 fully saturated rings. The maximum atomic E-state index is 11.1. The molecule has 1 saturated heterocycles. The molecule has 90 valence electrons. The first-order valence-corrected chi connectivity index (χ1v) is 5.70. The van der Waals surface area contributed by atoms with Crippen LogP contribution in [0, 0.1) is 0 Å². The molecule has 4 heteroatoms. The molecule has 1 heterocycles. The van der Waals surface area contributed by atoms with E-state index < -0.39 is 17.7 Å². The van der Waals surface area contributed by atoms with E-state index in [4.69, 9.17) is 9.47 Å². The standard InChI is InChI=1S/C9H10O4.C3H8/c1-6-7(10)12-9(13-8(6)11)4-2-3-5-9;1-3-2/h1-5H2;3H2,1-2H3. The van der Waals surface area contributed by atoms with Gasteiger partial charge in [0.05, 0.1) is 0 Å².